The van der Waals surface area contributed by atoms with Gasteiger partial charge in [-0.05, 0) is 48.9 Å². The van der Waals surface area contributed by atoms with Gasteiger partial charge in [-0.1, -0.05) is 22.4 Å². The van der Waals surface area contributed by atoms with Crippen LogP contribution >= 0.6 is 15.9 Å². The fourth-order valence-electron chi connectivity index (χ4n) is 3.15. The van der Waals surface area contributed by atoms with Crippen LogP contribution in [0.15, 0.2) is 28.9 Å². The molecule has 18 heavy (non-hydrogen) atoms. The van der Waals surface area contributed by atoms with Gasteiger partial charge in [0.05, 0.1) is 6.10 Å². The molecule has 2 atom stereocenters. The number of aryl methyl sites for hydroxylation is 1. The fourth-order valence-corrected chi connectivity index (χ4v) is 3.51. The first-order valence-electron chi connectivity index (χ1n) is 6.56. The molecule has 2 nitrogen and oxygen atoms in total. The number of hydrogen-bond acceptors (Lipinski definition) is 1. The predicted molar refractivity (Wildman–Crippen MR) is 77.7 cm³/mol. The van der Waals surface area contributed by atoms with Crippen molar-refractivity contribution >= 4 is 26.8 Å². The Morgan fingerprint density at radius 2 is 2.22 bits per heavy atom. The molecule has 2 unspecified atom stereocenters. The summed E-state index contributed by atoms with van der Waals surface area (Å²) >= 11 is 3.54. The lowest BCUT2D eigenvalue weighted by Gasteiger charge is -2.13. The molecule has 1 aliphatic carbocycles. The van der Waals surface area contributed by atoms with Crippen LogP contribution in [0.2, 0.25) is 0 Å². The first-order valence-corrected chi connectivity index (χ1v) is 7.36. The summed E-state index contributed by atoms with van der Waals surface area (Å²) in [6, 6.07) is 6.41. The molecule has 1 N–H and O–H groups in total. The molecule has 3 heteroatoms. The van der Waals surface area contributed by atoms with E-state index >= 15 is 0 Å². The molecule has 1 saturated carbocycles. The quantitative estimate of drug-likeness (QED) is 0.900. The predicted octanol–water partition coefficient (Wildman–Crippen LogP) is 3.64. The minimum atomic E-state index is -0.104. The molecule has 0 saturated heterocycles. The summed E-state index contributed by atoms with van der Waals surface area (Å²) in [5.74, 6) is 0.439. The number of nitrogens with zero attached hydrogens (tertiary/aromatic N) is 1. The number of rotatable bonds is 2. The molecular formula is C15H18BrNO. The van der Waals surface area contributed by atoms with Crippen LogP contribution in [0.1, 0.15) is 24.8 Å². The Kier molecular flexibility index (Phi) is 3.20. The van der Waals surface area contributed by atoms with E-state index in [0.29, 0.717) is 5.92 Å². The SMILES string of the molecule is Cn1cc(CC2CCCC2O)c2cc(Br)ccc21. The zero-order chi connectivity index (χ0) is 12.7. The molecule has 1 aromatic carbocycles. The third kappa shape index (κ3) is 2.10. The highest BCUT2D eigenvalue weighted by atomic mass is 79.9. The van der Waals surface area contributed by atoms with E-state index in [1.54, 1.807) is 0 Å². The van der Waals surface area contributed by atoms with Gasteiger partial charge in [-0.2, -0.15) is 0 Å². The fraction of sp³-hybridized carbons (Fsp3) is 0.467. The van der Waals surface area contributed by atoms with Crippen molar-refractivity contribution in [1.29, 1.82) is 0 Å². The topological polar surface area (TPSA) is 25.2 Å². The van der Waals surface area contributed by atoms with Crippen LogP contribution in [0.5, 0.6) is 0 Å². The largest absolute Gasteiger partial charge is 0.393 e. The second kappa shape index (κ2) is 4.71. The first-order chi connectivity index (χ1) is 8.65. The highest BCUT2D eigenvalue weighted by Crippen LogP contribution is 2.32. The summed E-state index contributed by atoms with van der Waals surface area (Å²) in [4.78, 5) is 0. The Morgan fingerprint density at radius 3 is 2.94 bits per heavy atom. The molecule has 0 bridgehead atoms. The van der Waals surface area contributed by atoms with Gasteiger partial charge in [-0.3, -0.25) is 0 Å². The third-order valence-electron chi connectivity index (χ3n) is 4.14. The van der Waals surface area contributed by atoms with Crippen LogP contribution in [0.3, 0.4) is 0 Å². The molecular weight excluding hydrogens is 290 g/mol. The minimum absolute atomic E-state index is 0.104. The second-order valence-corrected chi connectivity index (χ2v) is 6.30. The van der Waals surface area contributed by atoms with Crippen LogP contribution < -0.4 is 0 Å². The normalized spacial score (nSPS) is 23.9. The van der Waals surface area contributed by atoms with Crippen molar-refractivity contribution in [2.75, 3.05) is 0 Å². The van der Waals surface area contributed by atoms with Gasteiger partial charge in [0.15, 0.2) is 0 Å². The van der Waals surface area contributed by atoms with E-state index in [9.17, 15) is 5.11 Å². The molecule has 0 spiro atoms. The average Bonchev–Trinajstić information content (AvgIpc) is 2.86. The standard InChI is InChI=1S/C15H18BrNO/c1-17-9-11(7-10-3-2-4-15(10)18)13-8-12(16)5-6-14(13)17/h5-6,8-10,15,18H,2-4,7H2,1H3. The molecule has 0 aliphatic heterocycles. The summed E-state index contributed by atoms with van der Waals surface area (Å²) in [6.45, 7) is 0. The monoisotopic (exact) mass is 307 g/mol. The Balaban J connectivity index is 1.98. The molecule has 1 aliphatic rings. The molecule has 1 fully saturated rings. The Labute approximate surface area is 116 Å². The van der Waals surface area contributed by atoms with Crippen molar-refractivity contribution < 1.29 is 5.11 Å². The van der Waals surface area contributed by atoms with E-state index in [4.69, 9.17) is 0 Å². The van der Waals surface area contributed by atoms with Gasteiger partial charge in [-0.15, -0.1) is 0 Å². The highest BCUT2D eigenvalue weighted by molar-refractivity contribution is 9.10. The van der Waals surface area contributed by atoms with Crippen molar-refractivity contribution in [2.45, 2.75) is 31.8 Å². The lowest BCUT2D eigenvalue weighted by Crippen LogP contribution is -2.15. The Hall–Kier alpha value is -0.800. The molecule has 0 radical (unpaired) electrons. The molecule has 0 amide bonds. The summed E-state index contributed by atoms with van der Waals surface area (Å²) < 4.78 is 3.30. The number of benzene rings is 1. The number of aliphatic hydroxyl groups excluding tert-OH is 1. The van der Waals surface area contributed by atoms with Crippen LogP contribution in [0.4, 0.5) is 0 Å². The third-order valence-corrected chi connectivity index (χ3v) is 4.63. The van der Waals surface area contributed by atoms with Gasteiger partial charge in [0.1, 0.15) is 0 Å². The van der Waals surface area contributed by atoms with Crippen LogP contribution in [-0.4, -0.2) is 15.8 Å². The van der Waals surface area contributed by atoms with Gasteiger partial charge in [0.2, 0.25) is 0 Å². The summed E-state index contributed by atoms with van der Waals surface area (Å²) in [7, 11) is 2.09. The van der Waals surface area contributed by atoms with E-state index in [2.05, 4.69) is 51.9 Å². The average molecular weight is 308 g/mol. The summed E-state index contributed by atoms with van der Waals surface area (Å²) in [6.07, 6.45) is 6.40. The summed E-state index contributed by atoms with van der Waals surface area (Å²) in [5, 5.41) is 11.3. The van der Waals surface area contributed by atoms with Crippen molar-refractivity contribution in [3.05, 3.63) is 34.4 Å². The van der Waals surface area contributed by atoms with Gasteiger partial charge < -0.3 is 9.67 Å². The van der Waals surface area contributed by atoms with E-state index in [1.165, 1.54) is 22.9 Å². The lowest BCUT2D eigenvalue weighted by molar-refractivity contribution is 0.133. The van der Waals surface area contributed by atoms with E-state index in [0.717, 1.165) is 23.7 Å². The van der Waals surface area contributed by atoms with Crippen molar-refractivity contribution in [2.24, 2.45) is 13.0 Å². The Morgan fingerprint density at radius 1 is 1.39 bits per heavy atom. The zero-order valence-electron chi connectivity index (χ0n) is 10.6. The number of fused-ring (bicyclic) bond motifs is 1. The van der Waals surface area contributed by atoms with Gasteiger partial charge in [0, 0.05) is 28.6 Å². The first kappa shape index (κ1) is 12.2. The maximum atomic E-state index is 9.97. The van der Waals surface area contributed by atoms with Gasteiger partial charge in [-0.25, -0.2) is 0 Å². The van der Waals surface area contributed by atoms with Crippen molar-refractivity contribution in [3.8, 4) is 0 Å². The van der Waals surface area contributed by atoms with Crippen LogP contribution in [0, 0.1) is 5.92 Å². The van der Waals surface area contributed by atoms with Crippen LogP contribution in [0.25, 0.3) is 10.9 Å². The number of aromatic nitrogens is 1. The number of aliphatic hydroxyl groups is 1. The molecule has 96 valence electrons. The molecule has 1 aromatic heterocycles. The van der Waals surface area contributed by atoms with Gasteiger partial charge in [0.25, 0.3) is 0 Å². The van der Waals surface area contributed by atoms with E-state index in [1.807, 2.05) is 0 Å². The lowest BCUT2D eigenvalue weighted by atomic mass is 9.96. The van der Waals surface area contributed by atoms with Crippen molar-refractivity contribution in [1.82, 2.24) is 4.57 Å². The highest BCUT2D eigenvalue weighted by Gasteiger charge is 2.26. The maximum Gasteiger partial charge on any atom is 0.0571 e. The molecule has 3 rings (SSSR count). The second-order valence-electron chi connectivity index (χ2n) is 5.39. The molecule has 1 heterocycles. The maximum absolute atomic E-state index is 9.97. The number of halogens is 1. The zero-order valence-corrected chi connectivity index (χ0v) is 12.2. The minimum Gasteiger partial charge on any atom is -0.393 e. The smallest absolute Gasteiger partial charge is 0.0571 e. The molecule has 2 aromatic rings. The van der Waals surface area contributed by atoms with Gasteiger partial charge >= 0.3 is 0 Å². The number of hydrogen-bond donors (Lipinski definition) is 1. The van der Waals surface area contributed by atoms with E-state index < -0.39 is 0 Å². The van der Waals surface area contributed by atoms with Crippen molar-refractivity contribution in [3.63, 3.8) is 0 Å². The Bertz CT molecular complexity index is 575. The summed E-state index contributed by atoms with van der Waals surface area (Å²) in [5.41, 5.74) is 2.63. The van der Waals surface area contributed by atoms with E-state index in [-0.39, 0.29) is 6.10 Å². The van der Waals surface area contributed by atoms with Crippen LogP contribution in [-0.2, 0) is 13.5 Å².